The first-order chi connectivity index (χ1) is 13.1. The predicted octanol–water partition coefficient (Wildman–Crippen LogP) is 3.45. The molecule has 5 heteroatoms. The number of fused-ring (bicyclic) bond motifs is 2. The van der Waals surface area contributed by atoms with Crippen LogP contribution in [-0.4, -0.2) is 28.4 Å². The topological polar surface area (TPSA) is 86.6 Å². The molecule has 0 atom stereocenters. The van der Waals surface area contributed by atoms with Gasteiger partial charge in [0.25, 0.3) is 0 Å². The number of aliphatic hydroxyl groups is 1. The minimum absolute atomic E-state index is 0.0233. The van der Waals surface area contributed by atoms with Gasteiger partial charge in [-0.05, 0) is 36.2 Å². The van der Waals surface area contributed by atoms with E-state index in [-0.39, 0.29) is 35.0 Å². The molecule has 3 aromatic rings. The number of hydrogen-bond donors (Lipinski definition) is 3. The van der Waals surface area contributed by atoms with Crippen molar-refractivity contribution in [3.05, 3.63) is 88.5 Å². The number of benzene rings is 3. The second-order valence-electron chi connectivity index (χ2n) is 6.39. The van der Waals surface area contributed by atoms with Gasteiger partial charge in [-0.1, -0.05) is 36.4 Å². The van der Waals surface area contributed by atoms with Gasteiger partial charge in [-0.3, -0.25) is 9.59 Å². The van der Waals surface area contributed by atoms with Crippen LogP contribution in [0.15, 0.2) is 60.7 Å². The zero-order chi connectivity index (χ0) is 19.0. The molecule has 0 spiro atoms. The molecular formula is C22H17NO4. The van der Waals surface area contributed by atoms with E-state index in [2.05, 4.69) is 5.32 Å². The third kappa shape index (κ3) is 2.88. The molecule has 0 saturated heterocycles. The number of phenolic OH excluding ortho intramolecular Hbond substituents is 1. The highest BCUT2D eigenvalue weighted by atomic mass is 16.3. The maximum atomic E-state index is 13.0. The fraction of sp³-hybridized carbons (Fsp3) is 0.0909. The number of carbonyl (C=O) groups excluding carboxylic acids is 2. The van der Waals surface area contributed by atoms with E-state index in [9.17, 15) is 14.7 Å². The van der Waals surface area contributed by atoms with E-state index in [1.165, 1.54) is 6.07 Å². The molecule has 3 N–H and O–H groups in total. The SMILES string of the molecule is O=C1c2ccccc2C(=O)c2c(Nc3cccc(CCO)c3)ccc(O)c21. The summed E-state index contributed by atoms with van der Waals surface area (Å²) in [5.41, 5.74) is 2.96. The third-order valence-electron chi connectivity index (χ3n) is 4.66. The Morgan fingerprint density at radius 1 is 0.815 bits per heavy atom. The van der Waals surface area contributed by atoms with Gasteiger partial charge in [-0.15, -0.1) is 0 Å². The summed E-state index contributed by atoms with van der Waals surface area (Å²) in [4.78, 5) is 25.9. The van der Waals surface area contributed by atoms with Crippen LogP contribution in [0.2, 0.25) is 0 Å². The molecule has 0 radical (unpaired) electrons. The lowest BCUT2D eigenvalue weighted by atomic mass is 9.82. The molecule has 0 saturated carbocycles. The molecule has 1 aliphatic rings. The average molecular weight is 359 g/mol. The smallest absolute Gasteiger partial charge is 0.198 e. The van der Waals surface area contributed by atoms with Crippen molar-refractivity contribution in [3.63, 3.8) is 0 Å². The Hall–Kier alpha value is -3.44. The maximum absolute atomic E-state index is 13.0. The number of carbonyl (C=O) groups is 2. The van der Waals surface area contributed by atoms with Gasteiger partial charge in [-0.25, -0.2) is 0 Å². The number of hydrogen-bond acceptors (Lipinski definition) is 5. The zero-order valence-electron chi connectivity index (χ0n) is 14.4. The lowest BCUT2D eigenvalue weighted by molar-refractivity contribution is 0.0977. The summed E-state index contributed by atoms with van der Waals surface area (Å²) in [6.45, 7) is 0.0435. The lowest BCUT2D eigenvalue weighted by Crippen LogP contribution is -2.22. The molecule has 0 fully saturated rings. The molecule has 0 heterocycles. The summed E-state index contributed by atoms with van der Waals surface area (Å²) in [6.07, 6.45) is 0.522. The fourth-order valence-corrected chi connectivity index (χ4v) is 3.40. The fourth-order valence-electron chi connectivity index (χ4n) is 3.40. The van der Waals surface area contributed by atoms with E-state index < -0.39 is 0 Å². The minimum atomic E-state index is -0.365. The van der Waals surface area contributed by atoms with Crippen molar-refractivity contribution in [2.75, 3.05) is 11.9 Å². The maximum Gasteiger partial charge on any atom is 0.198 e. The summed E-state index contributed by atoms with van der Waals surface area (Å²) in [6, 6.07) is 17.1. The minimum Gasteiger partial charge on any atom is -0.507 e. The molecule has 5 nitrogen and oxygen atoms in total. The molecule has 4 rings (SSSR count). The van der Waals surface area contributed by atoms with Gasteiger partial charge in [0.05, 0.1) is 16.8 Å². The second kappa shape index (κ2) is 6.70. The average Bonchev–Trinajstić information content (AvgIpc) is 2.68. The molecule has 3 aromatic carbocycles. The first kappa shape index (κ1) is 17.0. The van der Waals surface area contributed by atoms with E-state index in [1.807, 2.05) is 24.3 Å². The van der Waals surface area contributed by atoms with E-state index >= 15 is 0 Å². The molecule has 0 aliphatic heterocycles. The second-order valence-corrected chi connectivity index (χ2v) is 6.39. The van der Waals surface area contributed by atoms with Crippen LogP contribution in [-0.2, 0) is 6.42 Å². The highest BCUT2D eigenvalue weighted by Crippen LogP contribution is 2.38. The number of nitrogens with one attached hydrogen (secondary N) is 1. The molecule has 0 bridgehead atoms. The summed E-state index contributed by atoms with van der Waals surface area (Å²) >= 11 is 0. The lowest BCUT2D eigenvalue weighted by Gasteiger charge is -2.21. The molecular weight excluding hydrogens is 342 g/mol. The number of rotatable bonds is 4. The van der Waals surface area contributed by atoms with Crippen LogP contribution in [0.5, 0.6) is 5.75 Å². The van der Waals surface area contributed by atoms with Gasteiger partial charge < -0.3 is 15.5 Å². The van der Waals surface area contributed by atoms with Crippen LogP contribution in [0.4, 0.5) is 11.4 Å². The summed E-state index contributed by atoms with van der Waals surface area (Å²) in [7, 11) is 0. The summed E-state index contributed by atoms with van der Waals surface area (Å²) in [5.74, 6) is -0.877. The number of phenols is 1. The Bertz CT molecular complexity index is 1070. The normalized spacial score (nSPS) is 12.5. The molecule has 0 amide bonds. The Labute approximate surface area is 155 Å². The summed E-state index contributed by atoms with van der Waals surface area (Å²) in [5, 5.41) is 22.5. The summed E-state index contributed by atoms with van der Waals surface area (Å²) < 4.78 is 0. The zero-order valence-corrected chi connectivity index (χ0v) is 14.4. The molecule has 0 unspecified atom stereocenters. The number of ketones is 2. The van der Waals surface area contributed by atoms with E-state index in [0.29, 0.717) is 23.2 Å². The standard InChI is InChI=1S/C22H17NO4/c24-11-10-13-4-3-5-14(12-13)23-17-8-9-18(25)20-19(17)21(26)15-6-1-2-7-16(15)22(20)27/h1-9,12,23-25H,10-11H2. The van der Waals surface area contributed by atoms with Crippen molar-refractivity contribution in [3.8, 4) is 5.75 Å². The van der Waals surface area contributed by atoms with Crippen LogP contribution < -0.4 is 5.32 Å². The van der Waals surface area contributed by atoms with Gasteiger partial charge in [0.2, 0.25) is 0 Å². The largest absolute Gasteiger partial charge is 0.507 e. The van der Waals surface area contributed by atoms with E-state index in [4.69, 9.17) is 5.11 Å². The van der Waals surface area contributed by atoms with E-state index in [1.54, 1.807) is 30.3 Å². The first-order valence-corrected chi connectivity index (χ1v) is 8.61. The molecule has 1 aliphatic carbocycles. The highest BCUT2D eigenvalue weighted by Gasteiger charge is 2.33. The van der Waals surface area contributed by atoms with Gasteiger partial charge in [0.1, 0.15) is 5.75 Å². The quantitative estimate of drug-likeness (QED) is 0.486. The van der Waals surface area contributed by atoms with Crippen molar-refractivity contribution in [1.82, 2.24) is 0 Å². The Kier molecular flexibility index (Phi) is 4.22. The van der Waals surface area contributed by atoms with Crippen molar-refractivity contribution in [2.45, 2.75) is 6.42 Å². The van der Waals surface area contributed by atoms with Crippen molar-refractivity contribution in [2.24, 2.45) is 0 Å². The van der Waals surface area contributed by atoms with E-state index in [0.717, 1.165) is 11.3 Å². The highest BCUT2D eigenvalue weighted by molar-refractivity contribution is 6.31. The van der Waals surface area contributed by atoms with Crippen LogP contribution in [0.1, 0.15) is 37.4 Å². The number of aliphatic hydroxyl groups excluding tert-OH is 1. The first-order valence-electron chi connectivity index (χ1n) is 8.61. The van der Waals surface area contributed by atoms with Crippen LogP contribution in [0.3, 0.4) is 0 Å². The van der Waals surface area contributed by atoms with Crippen molar-refractivity contribution < 1.29 is 19.8 Å². The van der Waals surface area contributed by atoms with Gasteiger partial charge in [-0.2, -0.15) is 0 Å². The van der Waals surface area contributed by atoms with Gasteiger partial charge >= 0.3 is 0 Å². The monoisotopic (exact) mass is 359 g/mol. The number of anilines is 2. The molecule has 134 valence electrons. The predicted molar refractivity (Wildman–Crippen MR) is 102 cm³/mol. The number of aromatic hydroxyl groups is 1. The van der Waals surface area contributed by atoms with Crippen LogP contribution >= 0.6 is 0 Å². The Morgan fingerprint density at radius 2 is 1.52 bits per heavy atom. The van der Waals surface area contributed by atoms with Crippen LogP contribution in [0, 0.1) is 0 Å². The van der Waals surface area contributed by atoms with Crippen LogP contribution in [0.25, 0.3) is 0 Å². The van der Waals surface area contributed by atoms with Crippen molar-refractivity contribution in [1.29, 1.82) is 0 Å². The molecule has 0 aromatic heterocycles. The Morgan fingerprint density at radius 3 is 2.22 bits per heavy atom. The molecule has 27 heavy (non-hydrogen) atoms. The van der Waals surface area contributed by atoms with Crippen molar-refractivity contribution >= 4 is 22.9 Å². The van der Waals surface area contributed by atoms with Gasteiger partial charge in [0.15, 0.2) is 11.6 Å². The third-order valence-corrected chi connectivity index (χ3v) is 4.66. The Balaban J connectivity index is 1.82. The van der Waals surface area contributed by atoms with Gasteiger partial charge in [0, 0.05) is 23.4 Å².